The van der Waals surface area contributed by atoms with E-state index in [1.54, 1.807) is 6.92 Å². The van der Waals surface area contributed by atoms with Gasteiger partial charge >= 0.3 is 0 Å². The minimum Gasteiger partial charge on any atom is -0.380 e. The Morgan fingerprint density at radius 3 is 2.41 bits per heavy atom. The number of ether oxygens (including phenoxy) is 1. The molecule has 0 saturated carbocycles. The first kappa shape index (κ1) is 11.6. The second-order valence-electron chi connectivity index (χ2n) is 4.87. The van der Waals surface area contributed by atoms with Crippen LogP contribution in [0.15, 0.2) is 4.21 Å². The van der Waals surface area contributed by atoms with E-state index in [2.05, 4.69) is 4.98 Å². The maximum atomic E-state index is 12.3. The maximum Gasteiger partial charge on any atom is 0.254 e. The van der Waals surface area contributed by atoms with Crippen LogP contribution in [0.25, 0.3) is 0 Å². The van der Waals surface area contributed by atoms with Crippen LogP contribution in [-0.2, 0) is 14.8 Å². The molecule has 2 fully saturated rings. The third kappa shape index (κ3) is 1.64. The van der Waals surface area contributed by atoms with Crippen LogP contribution in [-0.4, -0.2) is 44.0 Å². The molecular formula is C10H14N2O3S2. The second-order valence-corrected chi connectivity index (χ2v) is 8.21. The summed E-state index contributed by atoms with van der Waals surface area (Å²) < 4.78 is 31.7. The molecular weight excluding hydrogens is 260 g/mol. The number of sulfonamides is 1. The molecule has 0 bridgehead atoms. The monoisotopic (exact) mass is 274 g/mol. The highest BCUT2D eigenvalue weighted by atomic mass is 32.2. The Labute approximate surface area is 104 Å². The van der Waals surface area contributed by atoms with Crippen LogP contribution in [0.2, 0.25) is 0 Å². The maximum absolute atomic E-state index is 12.3. The highest BCUT2D eigenvalue weighted by molar-refractivity contribution is 7.91. The van der Waals surface area contributed by atoms with Crippen molar-refractivity contribution in [3.05, 3.63) is 10.7 Å². The van der Waals surface area contributed by atoms with Crippen molar-refractivity contribution in [2.75, 3.05) is 26.3 Å². The molecule has 0 atom stereocenters. The highest BCUT2D eigenvalue weighted by Crippen LogP contribution is 2.41. The molecule has 5 nitrogen and oxygen atoms in total. The van der Waals surface area contributed by atoms with E-state index in [-0.39, 0.29) is 5.41 Å². The summed E-state index contributed by atoms with van der Waals surface area (Å²) in [7, 11) is -3.33. The summed E-state index contributed by atoms with van der Waals surface area (Å²) in [6.45, 7) is 6.14. The van der Waals surface area contributed by atoms with Gasteiger partial charge in [0.25, 0.3) is 10.0 Å². The molecule has 0 radical (unpaired) electrons. The smallest absolute Gasteiger partial charge is 0.254 e. The molecule has 1 aromatic rings. The van der Waals surface area contributed by atoms with Gasteiger partial charge in [0.05, 0.1) is 23.9 Å². The van der Waals surface area contributed by atoms with Gasteiger partial charge in [0.1, 0.15) is 0 Å². The zero-order valence-electron chi connectivity index (χ0n) is 9.76. The van der Waals surface area contributed by atoms with E-state index < -0.39 is 10.0 Å². The molecule has 2 aliphatic rings. The number of rotatable bonds is 2. The van der Waals surface area contributed by atoms with E-state index in [1.165, 1.54) is 15.6 Å². The van der Waals surface area contributed by atoms with Gasteiger partial charge in [-0.2, -0.15) is 4.31 Å². The molecule has 0 aliphatic carbocycles. The SMILES string of the molecule is Cc1nc(C)c(S(=O)(=O)N2CC3(COC3)C2)s1. The van der Waals surface area contributed by atoms with Gasteiger partial charge in [0.2, 0.25) is 0 Å². The minimum atomic E-state index is -3.33. The Balaban J connectivity index is 1.85. The van der Waals surface area contributed by atoms with Crippen LogP contribution in [0.5, 0.6) is 0 Å². The van der Waals surface area contributed by atoms with Gasteiger partial charge in [-0.3, -0.25) is 0 Å². The number of aromatic nitrogens is 1. The van der Waals surface area contributed by atoms with Crippen molar-refractivity contribution in [2.45, 2.75) is 18.1 Å². The van der Waals surface area contributed by atoms with Crippen molar-refractivity contribution >= 4 is 21.4 Å². The van der Waals surface area contributed by atoms with Gasteiger partial charge in [0, 0.05) is 18.5 Å². The standard InChI is InChI=1S/C10H14N2O3S2/c1-7-9(16-8(2)11-7)17(13,14)12-3-10(4-12)5-15-6-10/h3-6H2,1-2H3. The number of nitrogens with zero attached hydrogens (tertiary/aromatic N) is 2. The molecule has 2 saturated heterocycles. The largest absolute Gasteiger partial charge is 0.380 e. The van der Waals surface area contributed by atoms with E-state index >= 15 is 0 Å². The first-order chi connectivity index (χ1) is 7.93. The Kier molecular flexibility index (Phi) is 2.39. The van der Waals surface area contributed by atoms with Gasteiger partial charge < -0.3 is 4.74 Å². The molecule has 0 amide bonds. The molecule has 1 aromatic heterocycles. The Morgan fingerprint density at radius 2 is 2.00 bits per heavy atom. The quantitative estimate of drug-likeness (QED) is 0.799. The van der Waals surface area contributed by atoms with Crippen LogP contribution in [0, 0.1) is 19.3 Å². The Bertz CT molecular complexity index is 552. The fraction of sp³-hybridized carbons (Fsp3) is 0.700. The summed E-state index contributed by atoms with van der Waals surface area (Å²) in [5.74, 6) is 0. The average molecular weight is 274 g/mol. The van der Waals surface area contributed by atoms with E-state index in [9.17, 15) is 8.42 Å². The van der Waals surface area contributed by atoms with E-state index in [4.69, 9.17) is 4.74 Å². The van der Waals surface area contributed by atoms with E-state index in [0.29, 0.717) is 36.2 Å². The zero-order chi connectivity index (χ0) is 12.3. The molecule has 0 N–H and O–H groups in total. The number of hydrogen-bond donors (Lipinski definition) is 0. The molecule has 2 aliphatic heterocycles. The predicted octanol–water partition coefficient (Wildman–Crippen LogP) is 0.781. The van der Waals surface area contributed by atoms with Crippen LogP contribution in [0.4, 0.5) is 0 Å². The van der Waals surface area contributed by atoms with Gasteiger partial charge in [-0.1, -0.05) is 0 Å². The van der Waals surface area contributed by atoms with Crippen LogP contribution in [0.1, 0.15) is 10.7 Å². The summed E-state index contributed by atoms with van der Waals surface area (Å²) in [6.07, 6.45) is 0. The lowest BCUT2D eigenvalue weighted by Gasteiger charge is -2.53. The minimum absolute atomic E-state index is 0.112. The van der Waals surface area contributed by atoms with Crippen molar-refractivity contribution in [3.63, 3.8) is 0 Å². The number of thiazole rings is 1. The summed E-state index contributed by atoms with van der Waals surface area (Å²) in [4.78, 5) is 4.18. The third-order valence-electron chi connectivity index (χ3n) is 3.28. The molecule has 94 valence electrons. The van der Waals surface area contributed by atoms with Crippen molar-refractivity contribution in [3.8, 4) is 0 Å². The third-order valence-corrected chi connectivity index (χ3v) is 6.73. The highest BCUT2D eigenvalue weighted by Gasteiger charge is 2.53. The lowest BCUT2D eigenvalue weighted by Crippen LogP contribution is -2.66. The number of aryl methyl sites for hydroxylation is 2. The normalized spacial score (nSPS) is 23.4. The molecule has 1 spiro atoms. The molecule has 0 aromatic carbocycles. The van der Waals surface area contributed by atoms with E-state index in [0.717, 1.165) is 5.01 Å². The van der Waals surface area contributed by atoms with E-state index in [1.807, 2.05) is 6.92 Å². The van der Waals surface area contributed by atoms with Crippen molar-refractivity contribution in [1.29, 1.82) is 0 Å². The summed E-state index contributed by atoms with van der Waals surface area (Å²) in [6, 6.07) is 0. The summed E-state index contributed by atoms with van der Waals surface area (Å²) in [5, 5.41) is 0.795. The lowest BCUT2D eigenvalue weighted by atomic mass is 9.80. The van der Waals surface area contributed by atoms with Crippen LogP contribution >= 0.6 is 11.3 Å². The fourth-order valence-corrected chi connectivity index (χ4v) is 5.60. The molecule has 0 unspecified atom stereocenters. The molecule has 17 heavy (non-hydrogen) atoms. The van der Waals surface area contributed by atoms with Gasteiger partial charge in [-0.25, -0.2) is 13.4 Å². The Morgan fingerprint density at radius 1 is 1.35 bits per heavy atom. The summed E-state index contributed by atoms with van der Waals surface area (Å²) in [5.41, 5.74) is 0.721. The van der Waals surface area contributed by atoms with Crippen LogP contribution < -0.4 is 0 Å². The van der Waals surface area contributed by atoms with Gasteiger partial charge in [-0.15, -0.1) is 11.3 Å². The Hall–Kier alpha value is -0.500. The topological polar surface area (TPSA) is 59.5 Å². The first-order valence-corrected chi connectivity index (χ1v) is 7.71. The lowest BCUT2D eigenvalue weighted by molar-refractivity contribution is -0.166. The first-order valence-electron chi connectivity index (χ1n) is 5.45. The van der Waals surface area contributed by atoms with Crippen molar-refractivity contribution < 1.29 is 13.2 Å². The second kappa shape index (κ2) is 3.50. The zero-order valence-corrected chi connectivity index (χ0v) is 11.4. The van der Waals surface area contributed by atoms with Gasteiger partial charge in [-0.05, 0) is 13.8 Å². The van der Waals surface area contributed by atoms with Gasteiger partial charge in [0.15, 0.2) is 4.21 Å². The van der Waals surface area contributed by atoms with Crippen molar-refractivity contribution in [2.24, 2.45) is 5.41 Å². The van der Waals surface area contributed by atoms with Crippen LogP contribution in [0.3, 0.4) is 0 Å². The number of hydrogen-bond acceptors (Lipinski definition) is 5. The summed E-state index contributed by atoms with van der Waals surface area (Å²) >= 11 is 1.25. The molecule has 3 rings (SSSR count). The molecule has 3 heterocycles. The molecule has 7 heteroatoms. The predicted molar refractivity (Wildman–Crippen MR) is 63.6 cm³/mol. The average Bonchev–Trinajstić information content (AvgIpc) is 2.40. The fourth-order valence-electron chi connectivity index (χ4n) is 2.31. The van der Waals surface area contributed by atoms with Crippen molar-refractivity contribution in [1.82, 2.24) is 9.29 Å².